The molecule has 0 spiro atoms. The van der Waals surface area contributed by atoms with Crippen LogP contribution in [0.15, 0.2) is 53.4 Å². The maximum atomic E-state index is 12.7. The monoisotopic (exact) mass is 402 g/mol. The molecule has 2 aromatic carbocycles. The normalized spacial score (nSPS) is 16.2. The van der Waals surface area contributed by atoms with Gasteiger partial charge in [-0.3, -0.25) is 4.72 Å². The van der Waals surface area contributed by atoms with Crippen LogP contribution in [-0.4, -0.2) is 34.7 Å². The molecule has 1 aliphatic rings. The molecule has 28 heavy (non-hydrogen) atoms. The predicted octanol–water partition coefficient (Wildman–Crippen LogP) is 4.40. The van der Waals surface area contributed by atoms with E-state index in [2.05, 4.69) is 30.4 Å². The lowest BCUT2D eigenvalue weighted by atomic mass is 9.87. The third kappa shape index (κ3) is 4.86. The predicted molar refractivity (Wildman–Crippen MR) is 115 cm³/mol. The van der Waals surface area contributed by atoms with Gasteiger partial charge in [-0.15, -0.1) is 0 Å². The lowest BCUT2D eigenvalue weighted by Gasteiger charge is -2.33. The van der Waals surface area contributed by atoms with E-state index in [1.54, 1.807) is 19.2 Å². The van der Waals surface area contributed by atoms with Gasteiger partial charge in [-0.1, -0.05) is 32.9 Å². The molecule has 3 rings (SSSR count). The fourth-order valence-electron chi connectivity index (χ4n) is 3.44. The number of rotatable bonds is 5. The molecule has 0 saturated carbocycles. The van der Waals surface area contributed by atoms with Gasteiger partial charge in [-0.2, -0.15) is 0 Å². The Morgan fingerprint density at radius 3 is 2.04 bits per heavy atom. The smallest absolute Gasteiger partial charge is 0.261 e. The Kier molecular flexibility index (Phi) is 6.01. The minimum atomic E-state index is -3.60. The molecule has 1 aliphatic heterocycles. The van der Waals surface area contributed by atoms with E-state index < -0.39 is 10.0 Å². The number of piperidine rings is 1. The zero-order valence-corrected chi connectivity index (χ0v) is 17.9. The van der Waals surface area contributed by atoms with Crippen LogP contribution in [0.3, 0.4) is 0 Å². The van der Waals surface area contributed by atoms with Gasteiger partial charge in [0, 0.05) is 31.6 Å². The number of methoxy groups -OCH3 is 1. The molecule has 1 fully saturated rings. The molecule has 0 amide bonds. The summed E-state index contributed by atoms with van der Waals surface area (Å²) >= 11 is 0. The van der Waals surface area contributed by atoms with Gasteiger partial charge >= 0.3 is 0 Å². The summed E-state index contributed by atoms with van der Waals surface area (Å²) < 4.78 is 33.5. The van der Waals surface area contributed by atoms with E-state index in [9.17, 15) is 8.42 Å². The van der Waals surface area contributed by atoms with E-state index in [0.29, 0.717) is 11.8 Å². The van der Waals surface area contributed by atoms with Crippen LogP contribution >= 0.6 is 0 Å². The zero-order valence-electron chi connectivity index (χ0n) is 17.1. The molecule has 0 aliphatic carbocycles. The van der Waals surface area contributed by atoms with E-state index >= 15 is 0 Å². The Morgan fingerprint density at radius 2 is 1.54 bits per heavy atom. The molecule has 0 aromatic heterocycles. The third-order valence-electron chi connectivity index (χ3n) is 5.29. The molecule has 0 atom stereocenters. The molecule has 152 valence electrons. The number of ether oxygens (including phenoxy) is 1. The van der Waals surface area contributed by atoms with Gasteiger partial charge in [0.1, 0.15) is 0 Å². The Morgan fingerprint density at radius 1 is 0.964 bits per heavy atom. The number of hydrogen-bond donors (Lipinski definition) is 1. The van der Waals surface area contributed by atoms with Crippen molar-refractivity contribution < 1.29 is 13.2 Å². The van der Waals surface area contributed by atoms with Gasteiger partial charge in [0.15, 0.2) is 0 Å². The van der Waals surface area contributed by atoms with E-state index in [1.807, 2.05) is 36.4 Å². The van der Waals surface area contributed by atoms with Gasteiger partial charge in [0.05, 0.1) is 11.0 Å². The van der Waals surface area contributed by atoms with Crippen LogP contribution in [0.5, 0.6) is 0 Å². The van der Waals surface area contributed by atoms with Crippen LogP contribution in [0, 0.1) is 0 Å². The number of benzene rings is 2. The van der Waals surface area contributed by atoms with Crippen molar-refractivity contribution in [1.82, 2.24) is 0 Å². The van der Waals surface area contributed by atoms with Crippen LogP contribution in [0.2, 0.25) is 0 Å². The molecule has 1 saturated heterocycles. The SMILES string of the molecule is COC1CCN(c2ccc(NS(=O)(=O)c3ccc(C(C)(C)C)cc3)cc2)CC1. The lowest BCUT2D eigenvalue weighted by molar-refractivity contribution is 0.0819. The van der Waals surface area contributed by atoms with Gasteiger partial charge < -0.3 is 9.64 Å². The summed E-state index contributed by atoms with van der Waals surface area (Å²) in [5.74, 6) is 0. The van der Waals surface area contributed by atoms with Gasteiger partial charge in [-0.25, -0.2) is 8.42 Å². The van der Waals surface area contributed by atoms with Crippen molar-refractivity contribution in [3.8, 4) is 0 Å². The fourth-order valence-corrected chi connectivity index (χ4v) is 4.50. The van der Waals surface area contributed by atoms with Crippen LogP contribution < -0.4 is 9.62 Å². The highest BCUT2D eigenvalue weighted by Gasteiger charge is 2.20. The van der Waals surface area contributed by atoms with E-state index in [4.69, 9.17) is 4.74 Å². The van der Waals surface area contributed by atoms with Gasteiger partial charge in [-0.05, 0) is 60.2 Å². The largest absolute Gasteiger partial charge is 0.381 e. The highest BCUT2D eigenvalue weighted by molar-refractivity contribution is 7.92. The second-order valence-electron chi connectivity index (χ2n) is 8.35. The summed E-state index contributed by atoms with van der Waals surface area (Å²) in [7, 11) is -1.84. The third-order valence-corrected chi connectivity index (χ3v) is 6.69. The van der Waals surface area contributed by atoms with Crippen molar-refractivity contribution in [2.45, 2.75) is 50.0 Å². The van der Waals surface area contributed by atoms with Crippen LogP contribution in [0.25, 0.3) is 0 Å². The lowest BCUT2D eigenvalue weighted by Crippen LogP contribution is -2.36. The van der Waals surface area contributed by atoms with Crippen molar-refractivity contribution in [1.29, 1.82) is 0 Å². The molecule has 6 heteroatoms. The molecule has 0 unspecified atom stereocenters. The second kappa shape index (κ2) is 8.13. The van der Waals surface area contributed by atoms with Crippen molar-refractivity contribution in [2.75, 3.05) is 29.8 Å². The number of sulfonamides is 1. The fraction of sp³-hybridized carbons (Fsp3) is 0.455. The molecule has 5 nitrogen and oxygen atoms in total. The Labute approximate surface area is 168 Å². The molecular weight excluding hydrogens is 372 g/mol. The number of hydrogen-bond acceptors (Lipinski definition) is 4. The average molecular weight is 403 g/mol. The molecule has 0 radical (unpaired) electrons. The Hall–Kier alpha value is -2.05. The van der Waals surface area contributed by atoms with Crippen LogP contribution in [0.1, 0.15) is 39.2 Å². The first-order valence-electron chi connectivity index (χ1n) is 9.70. The maximum Gasteiger partial charge on any atom is 0.261 e. The van der Waals surface area contributed by atoms with Gasteiger partial charge in [0.25, 0.3) is 10.0 Å². The second-order valence-corrected chi connectivity index (χ2v) is 10.0. The van der Waals surface area contributed by atoms with Crippen LogP contribution in [0.4, 0.5) is 11.4 Å². The molecule has 0 bridgehead atoms. The molecule has 1 heterocycles. The first-order valence-corrected chi connectivity index (χ1v) is 11.2. The molecular formula is C22H30N2O3S. The number of anilines is 2. The summed E-state index contributed by atoms with van der Waals surface area (Å²) in [5.41, 5.74) is 2.76. The Bertz CT molecular complexity index is 877. The standard InChI is InChI=1S/C22H30N2O3S/c1-22(2,3)17-5-11-21(12-6-17)28(25,26)23-18-7-9-19(10-8-18)24-15-13-20(27-4)14-16-24/h5-12,20,23H,13-16H2,1-4H3. The number of nitrogens with zero attached hydrogens (tertiary/aromatic N) is 1. The average Bonchev–Trinajstić information content (AvgIpc) is 2.68. The van der Waals surface area contributed by atoms with E-state index in [-0.39, 0.29) is 10.3 Å². The van der Waals surface area contributed by atoms with Crippen molar-refractivity contribution >= 4 is 21.4 Å². The van der Waals surface area contributed by atoms with Crippen molar-refractivity contribution in [3.05, 3.63) is 54.1 Å². The topological polar surface area (TPSA) is 58.6 Å². The summed E-state index contributed by atoms with van der Waals surface area (Å²) in [6.45, 7) is 8.21. The summed E-state index contributed by atoms with van der Waals surface area (Å²) in [6.07, 6.45) is 2.36. The van der Waals surface area contributed by atoms with E-state index in [1.165, 1.54) is 0 Å². The quantitative estimate of drug-likeness (QED) is 0.805. The summed E-state index contributed by atoms with van der Waals surface area (Å²) in [4.78, 5) is 2.57. The Balaban J connectivity index is 1.67. The zero-order chi connectivity index (χ0) is 20.4. The van der Waals surface area contributed by atoms with Crippen molar-refractivity contribution in [3.63, 3.8) is 0 Å². The molecule has 1 N–H and O–H groups in total. The first-order chi connectivity index (χ1) is 13.2. The first kappa shape index (κ1) is 20.7. The summed E-state index contributed by atoms with van der Waals surface area (Å²) in [5, 5.41) is 0. The minimum absolute atomic E-state index is 0.0106. The summed E-state index contributed by atoms with van der Waals surface area (Å²) in [6, 6.07) is 14.6. The highest BCUT2D eigenvalue weighted by Crippen LogP contribution is 2.26. The highest BCUT2D eigenvalue weighted by atomic mass is 32.2. The van der Waals surface area contributed by atoms with Crippen molar-refractivity contribution in [2.24, 2.45) is 0 Å². The minimum Gasteiger partial charge on any atom is -0.381 e. The molecule has 2 aromatic rings. The number of nitrogens with one attached hydrogen (secondary N) is 1. The maximum absolute atomic E-state index is 12.7. The van der Waals surface area contributed by atoms with E-state index in [0.717, 1.165) is 37.2 Å². The van der Waals surface area contributed by atoms with Gasteiger partial charge in [0.2, 0.25) is 0 Å². The van der Waals surface area contributed by atoms with Crippen LogP contribution in [-0.2, 0) is 20.2 Å².